The van der Waals surface area contributed by atoms with Crippen LogP contribution in [0.15, 0.2) is 54.6 Å². The van der Waals surface area contributed by atoms with E-state index in [0.717, 1.165) is 18.3 Å². The molecule has 2 aromatic carbocycles. The summed E-state index contributed by atoms with van der Waals surface area (Å²) in [4.78, 5) is 0. The van der Waals surface area contributed by atoms with Crippen LogP contribution in [0.5, 0.6) is 0 Å². The summed E-state index contributed by atoms with van der Waals surface area (Å²) in [7, 11) is 5.81. The summed E-state index contributed by atoms with van der Waals surface area (Å²) in [6.45, 7) is 0. The van der Waals surface area contributed by atoms with E-state index >= 15 is 0 Å². The molecule has 0 spiro atoms. The number of hydrogen-bond acceptors (Lipinski definition) is 0. The number of fused-ring (bicyclic) bond motifs is 3. The maximum atomic E-state index is 5.81. The van der Waals surface area contributed by atoms with Gasteiger partial charge in [0.25, 0.3) is 0 Å². The molecular weight excluding hydrogens is 241 g/mol. The van der Waals surface area contributed by atoms with Crippen LogP contribution in [-0.2, 0) is 6.42 Å². The third-order valence-corrected chi connectivity index (χ3v) is 4.00. The molecule has 0 aliphatic heterocycles. The molecule has 1 aliphatic carbocycles. The average molecular weight is 255 g/mol. The lowest BCUT2D eigenvalue weighted by Crippen LogP contribution is -2.06. The molecule has 0 saturated carbocycles. The number of hydrogen-bond donors (Lipinski definition) is 0. The number of allylic oxidation sites excluding steroid dienone is 1. The van der Waals surface area contributed by atoms with Crippen molar-refractivity contribution in [2.24, 2.45) is 0 Å². The fraction of sp³-hybridized carbons (Fsp3) is 0.111. The molecule has 1 heterocycles. The van der Waals surface area contributed by atoms with Crippen LogP contribution in [0.3, 0.4) is 0 Å². The summed E-state index contributed by atoms with van der Waals surface area (Å²) >= 11 is 0. The second-order valence-corrected chi connectivity index (χ2v) is 5.25. The highest BCUT2D eigenvalue weighted by molar-refractivity contribution is 6.32. The Bertz CT molecular complexity index is 809. The lowest BCUT2D eigenvalue weighted by atomic mass is 9.96. The highest BCUT2D eigenvalue weighted by atomic mass is 15.0. The zero-order valence-electron chi connectivity index (χ0n) is 11.2. The number of para-hydroxylation sites is 1. The van der Waals surface area contributed by atoms with Crippen LogP contribution in [0.1, 0.15) is 17.7 Å². The molecule has 2 heteroatoms. The van der Waals surface area contributed by atoms with Crippen LogP contribution >= 0.6 is 0 Å². The minimum Gasteiger partial charge on any atom is -0.313 e. The van der Waals surface area contributed by atoms with Gasteiger partial charge in [-0.15, -0.1) is 0 Å². The van der Waals surface area contributed by atoms with E-state index in [1.165, 1.54) is 27.8 Å². The minimum absolute atomic E-state index is 0.805. The first kappa shape index (κ1) is 11.6. The molecule has 0 bridgehead atoms. The molecule has 20 heavy (non-hydrogen) atoms. The highest BCUT2D eigenvalue weighted by Crippen LogP contribution is 2.33. The van der Waals surface area contributed by atoms with Gasteiger partial charge in [0.2, 0.25) is 0 Å². The van der Waals surface area contributed by atoms with E-state index in [2.05, 4.69) is 53.1 Å². The monoisotopic (exact) mass is 255 g/mol. The Morgan fingerprint density at radius 2 is 1.75 bits per heavy atom. The zero-order chi connectivity index (χ0) is 13.5. The Hall–Kier alpha value is -2.22. The molecular formula is C18H14BN. The molecule has 0 saturated heterocycles. The molecule has 4 rings (SSSR count). The van der Waals surface area contributed by atoms with Gasteiger partial charge in [0.15, 0.2) is 0 Å². The van der Waals surface area contributed by atoms with Gasteiger partial charge in [0.1, 0.15) is 7.85 Å². The smallest absolute Gasteiger partial charge is 0.113 e. The van der Waals surface area contributed by atoms with Crippen LogP contribution in [0.2, 0.25) is 0 Å². The van der Waals surface area contributed by atoms with Gasteiger partial charge in [-0.1, -0.05) is 47.9 Å². The third kappa shape index (κ3) is 1.65. The van der Waals surface area contributed by atoms with Crippen LogP contribution in [0, 0.1) is 0 Å². The summed E-state index contributed by atoms with van der Waals surface area (Å²) in [5.41, 5.74) is 6.03. The molecule has 1 aliphatic rings. The van der Waals surface area contributed by atoms with Crippen molar-refractivity contribution in [1.29, 1.82) is 0 Å². The van der Waals surface area contributed by atoms with Crippen molar-refractivity contribution in [2.45, 2.75) is 12.8 Å². The molecule has 0 fully saturated rings. The minimum atomic E-state index is 0.805. The Labute approximate surface area is 120 Å². The van der Waals surface area contributed by atoms with Crippen LogP contribution in [0.25, 0.3) is 22.7 Å². The van der Waals surface area contributed by atoms with E-state index in [-0.39, 0.29) is 0 Å². The fourth-order valence-corrected chi connectivity index (χ4v) is 3.09. The number of aromatic nitrogens is 1. The molecule has 0 N–H and O–H groups in total. The van der Waals surface area contributed by atoms with Gasteiger partial charge in [-0.2, -0.15) is 0 Å². The van der Waals surface area contributed by atoms with Gasteiger partial charge in [-0.05, 0) is 31.0 Å². The third-order valence-electron chi connectivity index (χ3n) is 4.00. The lowest BCUT2D eigenvalue weighted by Gasteiger charge is -2.13. The SMILES string of the molecule is [B]c1ccc(-n2c3c(c4ccccc42)C=CCC3)cc1. The first-order valence-corrected chi connectivity index (χ1v) is 6.99. The summed E-state index contributed by atoms with van der Waals surface area (Å²) in [6, 6.07) is 16.7. The van der Waals surface area contributed by atoms with E-state index < -0.39 is 0 Å². The van der Waals surface area contributed by atoms with Gasteiger partial charge in [-0.3, -0.25) is 0 Å². The zero-order valence-corrected chi connectivity index (χ0v) is 11.2. The van der Waals surface area contributed by atoms with Crippen molar-refractivity contribution in [2.75, 3.05) is 0 Å². The largest absolute Gasteiger partial charge is 0.313 e. The molecule has 2 radical (unpaired) electrons. The summed E-state index contributed by atoms with van der Waals surface area (Å²) in [5, 5.41) is 1.33. The van der Waals surface area contributed by atoms with Crippen molar-refractivity contribution in [3.63, 3.8) is 0 Å². The molecule has 0 amide bonds. The highest BCUT2D eigenvalue weighted by Gasteiger charge is 2.17. The van der Waals surface area contributed by atoms with Crippen LogP contribution in [-0.4, -0.2) is 12.4 Å². The average Bonchev–Trinajstić information content (AvgIpc) is 2.83. The van der Waals surface area contributed by atoms with Crippen LogP contribution < -0.4 is 5.46 Å². The standard InChI is InChI=1S/C18H14BN/c19-13-9-11-14(12-10-13)20-17-7-3-1-5-15(17)16-6-2-4-8-18(16)20/h1-3,5-7,9-12H,4,8H2. The molecule has 1 aromatic heterocycles. The second-order valence-electron chi connectivity index (χ2n) is 5.25. The second kappa shape index (κ2) is 4.41. The van der Waals surface area contributed by atoms with Gasteiger partial charge in [0.05, 0.1) is 5.52 Å². The van der Waals surface area contributed by atoms with E-state index in [4.69, 9.17) is 7.85 Å². The molecule has 1 nitrogen and oxygen atoms in total. The fourth-order valence-electron chi connectivity index (χ4n) is 3.09. The Morgan fingerprint density at radius 3 is 2.60 bits per heavy atom. The predicted octanol–water partition coefficient (Wildman–Crippen LogP) is 3.38. The maximum Gasteiger partial charge on any atom is 0.113 e. The quantitative estimate of drug-likeness (QED) is 0.587. The molecule has 3 aromatic rings. The van der Waals surface area contributed by atoms with Crippen LogP contribution in [0.4, 0.5) is 0 Å². The van der Waals surface area contributed by atoms with Gasteiger partial charge in [-0.25, -0.2) is 0 Å². The van der Waals surface area contributed by atoms with Crippen molar-refractivity contribution in [1.82, 2.24) is 4.57 Å². The van der Waals surface area contributed by atoms with E-state index in [1.54, 1.807) is 0 Å². The molecule has 94 valence electrons. The Kier molecular flexibility index (Phi) is 2.56. The Balaban J connectivity index is 2.08. The molecule has 0 atom stereocenters. The normalized spacial score (nSPS) is 13.6. The summed E-state index contributed by atoms with van der Waals surface area (Å²) in [5.74, 6) is 0. The lowest BCUT2D eigenvalue weighted by molar-refractivity contribution is 0.889. The van der Waals surface area contributed by atoms with E-state index in [0.29, 0.717) is 0 Å². The van der Waals surface area contributed by atoms with Crippen molar-refractivity contribution in [3.8, 4) is 5.69 Å². The van der Waals surface area contributed by atoms with E-state index in [1.807, 2.05) is 12.1 Å². The van der Waals surface area contributed by atoms with Gasteiger partial charge in [0, 0.05) is 22.3 Å². The summed E-state index contributed by atoms with van der Waals surface area (Å²) < 4.78 is 2.37. The topological polar surface area (TPSA) is 4.93 Å². The van der Waals surface area contributed by atoms with Gasteiger partial charge >= 0.3 is 0 Å². The number of nitrogens with zero attached hydrogens (tertiary/aromatic N) is 1. The van der Waals surface area contributed by atoms with Crippen molar-refractivity contribution in [3.05, 3.63) is 65.9 Å². The first-order chi connectivity index (χ1) is 9.84. The maximum absolute atomic E-state index is 5.81. The predicted molar refractivity (Wildman–Crippen MR) is 86.0 cm³/mol. The Morgan fingerprint density at radius 1 is 0.950 bits per heavy atom. The van der Waals surface area contributed by atoms with Crippen molar-refractivity contribution < 1.29 is 0 Å². The molecule has 0 unspecified atom stereocenters. The first-order valence-electron chi connectivity index (χ1n) is 6.99. The van der Waals surface area contributed by atoms with E-state index in [9.17, 15) is 0 Å². The number of benzene rings is 2. The van der Waals surface area contributed by atoms with Crippen molar-refractivity contribution >= 4 is 30.3 Å². The number of rotatable bonds is 1. The van der Waals surface area contributed by atoms with Gasteiger partial charge < -0.3 is 4.57 Å². The summed E-state index contributed by atoms with van der Waals surface area (Å²) in [6.07, 6.45) is 6.72.